The second-order valence-corrected chi connectivity index (χ2v) is 5.43. The highest BCUT2D eigenvalue weighted by Crippen LogP contribution is 2.37. The Labute approximate surface area is 118 Å². The van der Waals surface area contributed by atoms with E-state index < -0.39 is 0 Å². The zero-order chi connectivity index (χ0) is 14.9. The fourth-order valence-electron chi connectivity index (χ4n) is 3.17. The van der Waals surface area contributed by atoms with Gasteiger partial charge < -0.3 is 10.6 Å². The molecule has 1 aromatic heterocycles. The molecule has 0 aromatic carbocycles. The van der Waals surface area contributed by atoms with Gasteiger partial charge in [0.2, 0.25) is 5.82 Å². The first-order chi connectivity index (χ1) is 9.51. The van der Waals surface area contributed by atoms with Crippen LogP contribution in [0.5, 0.6) is 0 Å². The molecule has 2 rings (SSSR count). The minimum Gasteiger partial charge on any atom is -0.344 e. The summed E-state index contributed by atoms with van der Waals surface area (Å²) in [6, 6.07) is 0.397. The molecule has 2 atom stereocenters. The van der Waals surface area contributed by atoms with Gasteiger partial charge in [-0.05, 0) is 32.6 Å². The van der Waals surface area contributed by atoms with Crippen molar-refractivity contribution in [1.82, 2.24) is 9.78 Å². The number of rotatable bonds is 4. The van der Waals surface area contributed by atoms with Crippen LogP contribution in [0.4, 0.5) is 11.5 Å². The highest BCUT2D eigenvalue weighted by atomic mass is 16.6. The maximum Gasteiger partial charge on any atom is 0.334 e. The zero-order valence-electron chi connectivity index (χ0n) is 12.4. The molecule has 0 spiro atoms. The van der Waals surface area contributed by atoms with Crippen molar-refractivity contribution in [2.45, 2.75) is 51.6 Å². The lowest BCUT2D eigenvalue weighted by Gasteiger charge is -2.41. The quantitative estimate of drug-likeness (QED) is 0.668. The van der Waals surface area contributed by atoms with Crippen molar-refractivity contribution in [2.75, 3.05) is 11.4 Å². The van der Waals surface area contributed by atoms with Crippen molar-refractivity contribution in [3.05, 3.63) is 15.8 Å². The Morgan fingerprint density at radius 3 is 2.75 bits per heavy atom. The van der Waals surface area contributed by atoms with Crippen molar-refractivity contribution < 1.29 is 4.92 Å². The van der Waals surface area contributed by atoms with Gasteiger partial charge in [-0.2, -0.15) is 5.10 Å². The number of aromatic nitrogens is 2. The molecule has 1 aliphatic heterocycles. The molecule has 0 saturated carbocycles. The fourth-order valence-corrected chi connectivity index (χ4v) is 3.17. The average Bonchev–Trinajstić information content (AvgIpc) is 2.75. The number of hydrogen-bond acceptors (Lipinski definition) is 5. The molecule has 0 amide bonds. The van der Waals surface area contributed by atoms with E-state index >= 15 is 0 Å². The fraction of sp³-hybridized carbons (Fsp3) is 0.769. The van der Waals surface area contributed by atoms with Crippen molar-refractivity contribution in [2.24, 2.45) is 12.8 Å². The van der Waals surface area contributed by atoms with Gasteiger partial charge in [0.1, 0.15) is 5.69 Å². The second kappa shape index (κ2) is 5.78. The van der Waals surface area contributed by atoms with E-state index in [0.29, 0.717) is 24.5 Å². The summed E-state index contributed by atoms with van der Waals surface area (Å²) in [4.78, 5) is 13.2. The summed E-state index contributed by atoms with van der Waals surface area (Å²) in [5, 5.41) is 15.8. The predicted octanol–water partition coefficient (Wildman–Crippen LogP) is 1.60. The van der Waals surface area contributed by atoms with Crippen LogP contribution in [0.3, 0.4) is 0 Å². The highest BCUT2D eigenvalue weighted by Gasteiger charge is 2.36. The van der Waals surface area contributed by atoms with Gasteiger partial charge in [-0.3, -0.25) is 10.1 Å². The van der Waals surface area contributed by atoms with E-state index in [1.165, 1.54) is 0 Å². The largest absolute Gasteiger partial charge is 0.344 e. The number of hydrogen-bond donors (Lipinski definition) is 1. The molecule has 1 aliphatic rings. The molecule has 1 saturated heterocycles. The lowest BCUT2D eigenvalue weighted by atomic mass is 9.96. The van der Waals surface area contributed by atoms with Crippen molar-refractivity contribution >= 4 is 11.5 Å². The van der Waals surface area contributed by atoms with E-state index in [4.69, 9.17) is 5.73 Å². The molecule has 1 fully saturated rings. The first kappa shape index (κ1) is 14.8. The second-order valence-electron chi connectivity index (χ2n) is 5.43. The molecular weight excluding hydrogens is 258 g/mol. The molecule has 7 heteroatoms. The average molecular weight is 281 g/mol. The van der Waals surface area contributed by atoms with Crippen LogP contribution in [0, 0.1) is 10.1 Å². The summed E-state index contributed by atoms with van der Waals surface area (Å²) in [7, 11) is 1.77. The lowest BCUT2D eigenvalue weighted by Crippen LogP contribution is -2.50. The Hall–Kier alpha value is -1.63. The topological polar surface area (TPSA) is 90.2 Å². The first-order valence-corrected chi connectivity index (χ1v) is 7.19. The van der Waals surface area contributed by atoms with Gasteiger partial charge in [-0.15, -0.1) is 0 Å². The van der Waals surface area contributed by atoms with Crippen LogP contribution in [0.2, 0.25) is 0 Å². The Kier molecular flexibility index (Phi) is 4.27. The first-order valence-electron chi connectivity index (χ1n) is 7.19. The van der Waals surface area contributed by atoms with E-state index in [0.717, 1.165) is 19.3 Å². The Morgan fingerprint density at radius 2 is 2.20 bits per heavy atom. The van der Waals surface area contributed by atoms with E-state index in [1.807, 2.05) is 6.92 Å². The minimum absolute atomic E-state index is 0.141. The summed E-state index contributed by atoms with van der Waals surface area (Å²) in [5.74, 6) is 0.606. The molecule has 7 nitrogen and oxygen atoms in total. The molecule has 2 N–H and O–H groups in total. The predicted molar refractivity (Wildman–Crippen MR) is 77.9 cm³/mol. The zero-order valence-corrected chi connectivity index (χ0v) is 12.4. The molecule has 2 heterocycles. The van der Waals surface area contributed by atoms with Crippen LogP contribution in [0.25, 0.3) is 0 Å². The molecule has 1 aromatic rings. The van der Waals surface area contributed by atoms with E-state index in [-0.39, 0.29) is 22.7 Å². The molecular formula is C13H23N5O2. The summed E-state index contributed by atoms with van der Waals surface area (Å²) in [5.41, 5.74) is 6.55. The third-order valence-electron chi connectivity index (χ3n) is 4.12. The van der Waals surface area contributed by atoms with Gasteiger partial charge >= 0.3 is 5.69 Å². The van der Waals surface area contributed by atoms with Crippen molar-refractivity contribution in [3.63, 3.8) is 0 Å². The molecule has 20 heavy (non-hydrogen) atoms. The monoisotopic (exact) mass is 281 g/mol. The number of anilines is 1. The Bertz CT molecular complexity index is 499. The van der Waals surface area contributed by atoms with E-state index in [9.17, 15) is 10.1 Å². The third-order valence-corrected chi connectivity index (χ3v) is 4.12. The van der Waals surface area contributed by atoms with Gasteiger partial charge in [-0.1, -0.05) is 6.92 Å². The maximum atomic E-state index is 11.5. The number of nitrogens with two attached hydrogens (primary N) is 1. The summed E-state index contributed by atoms with van der Waals surface area (Å²) >= 11 is 0. The van der Waals surface area contributed by atoms with Gasteiger partial charge in [-0.25, -0.2) is 4.68 Å². The highest BCUT2D eigenvalue weighted by molar-refractivity contribution is 5.63. The van der Waals surface area contributed by atoms with Crippen LogP contribution in [-0.2, 0) is 13.5 Å². The standard InChI is InChI=1S/C13H23N5O2/c1-4-11-12(18(19)20)13(16(3)15-11)17-9(2)6-5-7-10(17)8-14/h9-10H,4-8,14H2,1-3H3. The smallest absolute Gasteiger partial charge is 0.334 e. The SMILES string of the molecule is CCc1nn(C)c(N2C(C)CCCC2CN)c1[N+](=O)[O-]. The normalized spacial score (nSPS) is 23.1. The van der Waals surface area contributed by atoms with Crippen LogP contribution >= 0.6 is 0 Å². The molecule has 112 valence electrons. The van der Waals surface area contributed by atoms with Crippen molar-refractivity contribution in [3.8, 4) is 0 Å². The molecule has 0 bridgehead atoms. The van der Waals surface area contributed by atoms with Crippen LogP contribution < -0.4 is 10.6 Å². The molecule has 2 unspecified atom stereocenters. The number of nitro groups is 1. The number of aryl methyl sites for hydroxylation is 2. The summed E-state index contributed by atoms with van der Waals surface area (Å²) in [6.07, 6.45) is 3.68. The summed E-state index contributed by atoms with van der Waals surface area (Å²) < 4.78 is 1.64. The van der Waals surface area contributed by atoms with Gasteiger partial charge in [0.05, 0.1) is 4.92 Å². The lowest BCUT2D eigenvalue weighted by molar-refractivity contribution is -0.384. The maximum absolute atomic E-state index is 11.5. The summed E-state index contributed by atoms with van der Waals surface area (Å²) in [6.45, 7) is 4.50. The third kappa shape index (κ3) is 2.37. The number of nitrogens with zero attached hydrogens (tertiary/aromatic N) is 4. The van der Waals surface area contributed by atoms with Gasteiger partial charge in [0.15, 0.2) is 0 Å². The molecule has 0 radical (unpaired) electrons. The van der Waals surface area contributed by atoms with Crippen molar-refractivity contribution in [1.29, 1.82) is 0 Å². The van der Waals surface area contributed by atoms with E-state index in [1.54, 1.807) is 11.7 Å². The Balaban J connectivity index is 2.54. The Morgan fingerprint density at radius 1 is 1.50 bits per heavy atom. The van der Waals surface area contributed by atoms with Crippen LogP contribution in [-0.4, -0.2) is 33.3 Å². The van der Waals surface area contributed by atoms with Crippen LogP contribution in [0.1, 0.15) is 38.8 Å². The van der Waals surface area contributed by atoms with Gasteiger partial charge in [0.25, 0.3) is 0 Å². The number of piperidine rings is 1. The van der Waals surface area contributed by atoms with E-state index in [2.05, 4.69) is 16.9 Å². The molecule has 0 aliphatic carbocycles. The van der Waals surface area contributed by atoms with Crippen LogP contribution in [0.15, 0.2) is 0 Å². The minimum atomic E-state index is -0.309. The van der Waals surface area contributed by atoms with Gasteiger partial charge in [0, 0.05) is 25.7 Å².